The highest BCUT2D eigenvalue weighted by molar-refractivity contribution is 5.86. The summed E-state index contributed by atoms with van der Waals surface area (Å²) in [5.74, 6) is 0.0607. The number of carbonyl (C=O) groups is 1. The summed E-state index contributed by atoms with van der Waals surface area (Å²) >= 11 is 0. The molecule has 1 fully saturated rings. The van der Waals surface area contributed by atoms with Crippen molar-refractivity contribution in [2.75, 3.05) is 0 Å². The van der Waals surface area contributed by atoms with E-state index in [1.165, 1.54) is 0 Å². The van der Waals surface area contributed by atoms with Crippen LogP contribution in [-0.2, 0) is 4.79 Å². The van der Waals surface area contributed by atoms with Gasteiger partial charge in [-0.1, -0.05) is 37.3 Å². The molecule has 3 nitrogen and oxygen atoms in total. The Morgan fingerprint density at radius 2 is 2.00 bits per heavy atom. The molecule has 0 radical (unpaired) electrons. The maximum absolute atomic E-state index is 11.8. The van der Waals surface area contributed by atoms with Gasteiger partial charge >= 0.3 is 0 Å². The third-order valence-corrected chi connectivity index (χ3v) is 2.96. The summed E-state index contributed by atoms with van der Waals surface area (Å²) < 4.78 is 0. The number of hydrogen-bond donors (Lipinski definition) is 2. The number of amides is 1. The van der Waals surface area contributed by atoms with E-state index < -0.39 is 0 Å². The van der Waals surface area contributed by atoms with E-state index >= 15 is 0 Å². The molecule has 80 valence electrons. The first kappa shape index (κ1) is 10.2. The molecule has 0 aliphatic carbocycles. The van der Waals surface area contributed by atoms with Gasteiger partial charge in [-0.3, -0.25) is 10.1 Å². The van der Waals surface area contributed by atoms with Crippen LogP contribution < -0.4 is 10.6 Å². The second kappa shape index (κ2) is 3.66. The van der Waals surface area contributed by atoms with Crippen LogP contribution in [0, 0.1) is 0 Å². The van der Waals surface area contributed by atoms with Gasteiger partial charge in [-0.15, -0.1) is 0 Å². The van der Waals surface area contributed by atoms with Crippen molar-refractivity contribution in [3.63, 3.8) is 0 Å². The summed E-state index contributed by atoms with van der Waals surface area (Å²) in [6.07, 6.45) is 0.877. The molecule has 0 bridgehead atoms. The maximum Gasteiger partial charge on any atom is 0.243 e. The quantitative estimate of drug-likeness (QED) is 0.767. The molecule has 2 rings (SSSR count). The summed E-state index contributed by atoms with van der Waals surface area (Å²) in [6, 6.07) is 9.58. The molecule has 1 aromatic rings. The van der Waals surface area contributed by atoms with Gasteiger partial charge in [-0.2, -0.15) is 0 Å². The van der Waals surface area contributed by atoms with Crippen LogP contribution in [0.3, 0.4) is 0 Å². The fourth-order valence-electron chi connectivity index (χ4n) is 1.83. The van der Waals surface area contributed by atoms with E-state index in [1.807, 2.05) is 37.3 Å². The number of nitrogens with one attached hydrogen (secondary N) is 2. The van der Waals surface area contributed by atoms with Crippen molar-refractivity contribution in [2.24, 2.45) is 0 Å². The Bertz CT molecular complexity index is 363. The second-order valence-corrected chi connectivity index (χ2v) is 4.16. The van der Waals surface area contributed by atoms with Crippen molar-refractivity contribution in [2.45, 2.75) is 32.0 Å². The van der Waals surface area contributed by atoms with Crippen molar-refractivity contribution >= 4 is 5.91 Å². The minimum Gasteiger partial charge on any atom is -0.337 e. The van der Waals surface area contributed by atoms with Crippen LogP contribution in [0.1, 0.15) is 31.9 Å². The molecule has 0 aromatic heterocycles. The molecule has 0 saturated carbocycles. The first-order chi connectivity index (χ1) is 7.14. The highest BCUT2D eigenvalue weighted by atomic mass is 16.2. The summed E-state index contributed by atoms with van der Waals surface area (Å²) in [5.41, 5.74) is 0.754. The predicted molar refractivity (Wildman–Crippen MR) is 59.2 cm³/mol. The SMILES string of the molecule is CCC1(C)NC(=O)C(c2ccccc2)N1. The van der Waals surface area contributed by atoms with Crippen molar-refractivity contribution in [1.29, 1.82) is 0 Å². The van der Waals surface area contributed by atoms with E-state index in [9.17, 15) is 4.79 Å². The lowest BCUT2D eigenvalue weighted by atomic mass is 10.1. The van der Waals surface area contributed by atoms with Crippen molar-refractivity contribution in [1.82, 2.24) is 10.6 Å². The summed E-state index contributed by atoms with van der Waals surface area (Å²) in [4.78, 5) is 11.8. The van der Waals surface area contributed by atoms with Crippen LogP contribution in [-0.4, -0.2) is 11.6 Å². The number of rotatable bonds is 2. The molecule has 1 heterocycles. The zero-order chi connectivity index (χ0) is 10.9. The van der Waals surface area contributed by atoms with E-state index in [-0.39, 0.29) is 17.6 Å². The molecule has 3 heteroatoms. The Morgan fingerprint density at radius 3 is 2.53 bits per heavy atom. The van der Waals surface area contributed by atoms with Gasteiger partial charge in [0.1, 0.15) is 6.04 Å². The van der Waals surface area contributed by atoms with Gasteiger partial charge < -0.3 is 5.32 Å². The average Bonchev–Trinajstić information content (AvgIpc) is 2.57. The molecule has 2 N–H and O–H groups in total. The van der Waals surface area contributed by atoms with Crippen molar-refractivity contribution < 1.29 is 4.79 Å². The maximum atomic E-state index is 11.8. The summed E-state index contributed by atoms with van der Waals surface area (Å²) in [5, 5.41) is 6.30. The normalized spacial score (nSPS) is 30.3. The van der Waals surface area contributed by atoms with E-state index in [0.717, 1.165) is 12.0 Å². The molecule has 15 heavy (non-hydrogen) atoms. The van der Waals surface area contributed by atoms with Gasteiger partial charge in [0, 0.05) is 0 Å². The molecule has 1 aliphatic heterocycles. The van der Waals surface area contributed by atoms with Crippen LogP contribution in [0.4, 0.5) is 0 Å². The molecule has 0 spiro atoms. The molecule has 1 amide bonds. The van der Waals surface area contributed by atoms with Crippen molar-refractivity contribution in [3.8, 4) is 0 Å². The molecular weight excluding hydrogens is 188 g/mol. The second-order valence-electron chi connectivity index (χ2n) is 4.16. The van der Waals surface area contributed by atoms with Crippen molar-refractivity contribution in [3.05, 3.63) is 35.9 Å². The Hall–Kier alpha value is -1.35. The van der Waals surface area contributed by atoms with Crippen LogP contribution in [0.25, 0.3) is 0 Å². The minimum atomic E-state index is -0.266. The fraction of sp³-hybridized carbons (Fsp3) is 0.417. The average molecular weight is 204 g/mol. The van der Waals surface area contributed by atoms with E-state index in [2.05, 4.69) is 17.6 Å². The topological polar surface area (TPSA) is 41.1 Å². The lowest BCUT2D eigenvalue weighted by molar-refractivity contribution is -0.121. The van der Waals surface area contributed by atoms with Crippen LogP contribution in [0.15, 0.2) is 30.3 Å². The van der Waals surface area contributed by atoms with E-state index in [1.54, 1.807) is 0 Å². The lowest BCUT2D eigenvalue weighted by Crippen LogP contribution is -2.45. The Morgan fingerprint density at radius 1 is 1.33 bits per heavy atom. The number of hydrogen-bond acceptors (Lipinski definition) is 2. The zero-order valence-electron chi connectivity index (χ0n) is 9.08. The first-order valence-corrected chi connectivity index (χ1v) is 5.29. The highest BCUT2D eigenvalue weighted by Crippen LogP contribution is 2.23. The minimum absolute atomic E-state index is 0.0607. The Balaban J connectivity index is 2.23. The highest BCUT2D eigenvalue weighted by Gasteiger charge is 2.39. The van der Waals surface area contributed by atoms with E-state index in [4.69, 9.17) is 0 Å². The van der Waals surface area contributed by atoms with Crippen LogP contribution >= 0.6 is 0 Å². The monoisotopic (exact) mass is 204 g/mol. The van der Waals surface area contributed by atoms with Gasteiger partial charge in [-0.05, 0) is 18.9 Å². The molecule has 2 atom stereocenters. The Labute approximate surface area is 89.9 Å². The largest absolute Gasteiger partial charge is 0.337 e. The lowest BCUT2D eigenvalue weighted by Gasteiger charge is -2.22. The van der Waals surface area contributed by atoms with Gasteiger partial charge in [-0.25, -0.2) is 0 Å². The Kier molecular flexibility index (Phi) is 2.49. The molecular formula is C12H16N2O. The standard InChI is InChI=1S/C12H16N2O/c1-3-12(2)13-10(11(15)14-12)9-7-5-4-6-8-9/h4-8,10,13H,3H2,1-2H3,(H,14,15). The summed E-state index contributed by atoms with van der Waals surface area (Å²) in [7, 11) is 0. The van der Waals surface area contributed by atoms with Crippen LogP contribution in [0.2, 0.25) is 0 Å². The molecule has 1 aliphatic rings. The zero-order valence-corrected chi connectivity index (χ0v) is 9.08. The first-order valence-electron chi connectivity index (χ1n) is 5.29. The third-order valence-electron chi connectivity index (χ3n) is 2.96. The number of benzene rings is 1. The molecule has 1 saturated heterocycles. The van der Waals surface area contributed by atoms with Gasteiger partial charge in [0.15, 0.2) is 0 Å². The number of carbonyl (C=O) groups excluding carboxylic acids is 1. The molecule has 2 unspecified atom stereocenters. The predicted octanol–water partition coefficient (Wildman–Crippen LogP) is 1.57. The smallest absolute Gasteiger partial charge is 0.243 e. The van der Waals surface area contributed by atoms with E-state index in [0.29, 0.717) is 0 Å². The van der Waals surface area contributed by atoms with Gasteiger partial charge in [0.25, 0.3) is 0 Å². The fourth-order valence-corrected chi connectivity index (χ4v) is 1.83. The van der Waals surface area contributed by atoms with Crippen LogP contribution in [0.5, 0.6) is 0 Å². The molecule has 1 aromatic carbocycles. The van der Waals surface area contributed by atoms with Gasteiger partial charge in [0.2, 0.25) is 5.91 Å². The third kappa shape index (κ3) is 1.88. The summed E-state index contributed by atoms with van der Waals surface area (Å²) in [6.45, 7) is 4.06. The van der Waals surface area contributed by atoms with Gasteiger partial charge in [0.05, 0.1) is 5.66 Å².